The van der Waals surface area contributed by atoms with Crippen molar-refractivity contribution in [2.75, 3.05) is 26.9 Å². The number of ether oxygens (including phenoxy) is 3. The average Bonchev–Trinajstić information content (AvgIpc) is 3.14. The van der Waals surface area contributed by atoms with E-state index in [9.17, 15) is 14.4 Å². The Morgan fingerprint density at radius 1 is 1.05 bits per heavy atom. The number of benzene rings is 2. The third-order valence-corrected chi connectivity index (χ3v) is 6.25. The molecule has 0 spiro atoms. The molecule has 212 valence electrons. The first-order valence-electron chi connectivity index (χ1n) is 12.5. The Bertz CT molecular complexity index is 1270. The Labute approximate surface area is 239 Å². The van der Waals surface area contributed by atoms with Crippen molar-refractivity contribution in [3.63, 3.8) is 0 Å². The van der Waals surface area contributed by atoms with Gasteiger partial charge in [0.2, 0.25) is 5.91 Å². The van der Waals surface area contributed by atoms with Crippen LogP contribution in [0, 0.1) is 5.41 Å². The summed E-state index contributed by atoms with van der Waals surface area (Å²) in [5.41, 5.74) is 13.1. The number of hydrogen-bond acceptors (Lipinski definition) is 7. The van der Waals surface area contributed by atoms with Crippen molar-refractivity contribution in [1.29, 1.82) is 5.41 Å². The Hall–Kier alpha value is -3.60. The number of nitrogens with one attached hydrogen (secondary N) is 1. The molecule has 1 aliphatic heterocycles. The molecular formula is C28H37BrN4O6. The molecule has 3 rings (SSSR count). The molecular weight excluding hydrogens is 568 g/mol. The number of halogens is 1. The van der Waals surface area contributed by atoms with Gasteiger partial charge in [0.25, 0.3) is 5.91 Å². The van der Waals surface area contributed by atoms with Gasteiger partial charge in [-0.05, 0) is 48.6 Å². The van der Waals surface area contributed by atoms with Crippen LogP contribution in [0.25, 0.3) is 0 Å². The van der Waals surface area contributed by atoms with E-state index in [4.69, 9.17) is 31.1 Å². The summed E-state index contributed by atoms with van der Waals surface area (Å²) >= 11 is 0. The first kappa shape index (κ1) is 31.6. The molecule has 1 aliphatic rings. The Balaban J connectivity index is 0.00000533. The summed E-state index contributed by atoms with van der Waals surface area (Å²) in [5.74, 6) is 0.157. The van der Waals surface area contributed by atoms with Gasteiger partial charge in [-0.3, -0.25) is 19.8 Å². The fourth-order valence-corrected chi connectivity index (χ4v) is 4.36. The Morgan fingerprint density at radius 3 is 2.31 bits per heavy atom. The average molecular weight is 606 g/mol. The first-order chi connectivity index (χ1) is 17.9. The standard InChI is InChI=1S/C28H36N4O6.BrH/c1-6-37-22-12-17-14-32(26(30)18(17)13-19(22)27(31)35)15-21(33)16-10-20(28(2,3)4)25(36-5)23(11-16)38-9-7-8-24(29)34;/h10-13,30H,6-9,14-15H2,1-5H3,(H2,29,34)(H2,31,35);1H. The molecule has 2 amide bonds. The molecule has 2 aromatic carbocycles. The zero-order chi connectivity index (χ0) is 28.2. The lowest BCUT2D eigenvalue weighted by Gasteiger charge is -2.25. The van der Waals surface area contributed by atoms with Crippen LogP contribution in [-0.2, 0) is 16.8 Å². The van der Waals surface area contributed by atoms with Crippen molar-refractivity contribution in [3.05, 3.63) is 52.1 Å². The highest BCUT2D eigenvalue weighted by Crippen LogP contribution is 2.40. The summed E-state index contributed by atoms with van der Waals surface area (Å²) in [5, 5.41) is 8.65. The number of hydrogen-bond donors (Lipinski definition) is 3. The number of ketones is 1. The van der Waals surface area contributed by atoms with Crippen LogP contribution in [0.1, 0.15) is 77.9 Å². The van der Waals surface area contributed by atoms with Gasteiger partial charge >= 0.3 is 0 Å². The molecule has 0 atom stereocenters. The lowest BCUT2D eigenvalue weighted by Crippen LogP contribution is -2.30. The molecule has 10 nitrogen and oxygen atoms in total. The second kappa shape index (κ2) is 13.0. The fourth-order valence-electron chi connectivity index (χ4n) is 4.36. The van der Waals surface area contributed by atoms with E-state index in [2.05, 4.69) is 0 Å². The molecule has 1 heterocycles. The maximum Gasteiger partial charge on any atom is 0.252 e. The molecule has 0 saturated heterocycles. The molecule has 0 saturated carbocycles. The fraction of sp³-hybridized carbons (Fsp3) is 0.429. The number of methoxy groups -OCH3 is 1. The van der Waals surface area contributed by atoms with Gasteiger partial charge in [-0.15, -0.1) is 17.0 Å². The van der Waals surface area contributed by atoms with Crippen LogP contribution in [-0.4, -0.2) is 55.2 Å². The number of rotatable bonds is 12. The van der Waals surface area contributed by atoms with Crippen LogP contribution >= 0.6 is 17.0 Å². The molecule has 11 heteroatoms. The van der Waals surface area contributed by atoms with Gasteiger partial charge in [0, 0.05) is 29.7 Å². The molecule has 0 unspecified atom stereocenters. The van der Waals surface area contributed by atoms with Gasteiger partial charge in [-0.25, -0.2) is 0 Å². The van der Waals surface area contributed by atoms with Crippen LogP contribution in [0.3, 0.4) is 0 Å². The van der Waals surface area contributed by atoms with Gasteiger partial charge < -0.3 is 30.6 Å². The van der Waals surface area contributed by atoms with Crippen LogP contribution in [0.2, 0.25) is 0 Å². The van der Waals surface area contributed by atoms with Crippen molar-refractivity contribution in [1.82, 2.24) is 4.90 Å². The van der Waals surface area contributed by atoms with Crippen LogP contribution in [0.4, 0.5) is 0 Å². The van der Waals surface area contributed by atoms with Crippen molar-refractivity contribution in [3.8, 4) is 17.2 Å². The zero-order valence-corrected chi connectivity index (χ0v) is 24.7. The van der Waals surface area contributed by atoms with Crippen molar-refractivity contribution in [2.45, 2.75) is 52.5 Å². The number of Topliss-reactive ketones (excluding diaryl/α,β-unsaturated/α-hetero) is 1. The van der Waals surface area contributed by atoms with Crippen molar-refractivity contribution >= 4 is 40.4 Å². The Morgan fingerprint density at radius 2 is 1.74 bits per heavy atom. The number of primary amides is 2. The third-order valence-electron chi connectivity index (χ3n) is 6.25. The maximum atomic E-state index is 13.5. The summed E-state index contributed by atoms with van der Waals surface area (Å²) in [7, 11) is 1.54. The highest BCUT2D eigenvalue weighted by Gasteiger charge is 2.30. The minimum absolute atomic E-state index is 0. The second-order valence-electron chi connectivity index (χ2n) is 10.2. The molecule has 0 bridgehead atoms. The summed E-state index contributed by atoms with van der Waals surface area (Å²) in [6.07, 6.45) is 0.620. The van der Waals surface area contributed by atoms with Gasteiger partial charge in [0.05, 0.1) is 32.4 Å². The van der Waals surface area contributed by atoms with Crippen molar-refractivity contribution < 1.29 is 28.6 Å². The van der Waals surface area contributed by atoms with E-state index < -0.39 is 11.8 Å². The zero-order valence-electron chi connectivity index (χ0n) is 23.0. The highest BCUT2D eigenvalue weighted by atomic mass is 79.9. The van der Waals surface area contributed by atoms with Gasteiger partial charge in [0.15, 0.2) is 17.3 Å². The predicted octanol–water partition coefficient (Wildman–Crippen LogP) is 3.74. The van der Waals surface area contributed by atoms with Gasteiger partial charge in [0.1, 0.15) is 11.6 Å². The third kappa shape index (κ3) is 7.29. The number of amidine groups is 1. The molecule has 0 aromatic heterocycles. The van der Waals surface area contributed by atoms with Crippen LogP contribution < -0.4 is 25.7 Å². The minimum Gasteiger partial charge on any atom is -0.493 e. The van der Waals surface area contributed by atoms with E-state index in [-0.39, 0.29) is 59.2 Å². The van der Waals surface area contributed by atoms with E-state index >= 15 is 0 Å². The van der Waals surface area contributed by atoms with Crippen molar-refractivity contribution in [2.24, 2.45) is 11.5 Å². The SMILES string of the molecule is Br.CCOc1cc2c(cc1C(N)=O)C(=N)N(CC(=O)c1cc(OCCCC(N)=O)c(OC)c(C(C)(C)C)c1)C2. The van der Waals surface area contributed by atoms with Crippen LogP contribution in [0.15, 0.2) is 24.3 Å². The summed E-state index contributed by atoms with van der Waals surface area (Å²) in [6, 6.07) is 6.69. The number of nitrogens with zero attached hydrogens (tertiary/aromatic N) is 1. The van der Waals surface area contributed by atoms with Gasteiger partial charge in [-0.1, -0.05) is 20.8 Å². The van der Waals surface area contributed by atoms with E-state index in [0.29, 0.717) is 47.9 Å². The van der Waals surface area contributed by atoms with Gasteiger partial charge in [-0.2, -0.15) is 0 Å². The summed E-state index contributed by atoms with van der Waals surface area (Å²) in [4.78, 5) is 38.2. The molecule has 0 aliphatic carbocycles. The number of nitrogens with two attached hydrogens (primary N) is 2. The lowest BCUT2D eigenvalue weighted by molar-refractivity contribution is -0.118. The largest absolute Gasteiger partial charge is 0.493 e. The summed E-state index contributed by atoms with van der Waals surface area (Å²) in [6.45, 7) is 8.69. The molecule has 39 heavy (non-hydrogen) atoms. The molecule has 0 fully saturated rings. The molecule has 2 aromatic rings. The quantitative estimate of drug-likeness (QED) is 0.246. The van der Waals surface area contributed by atoms with E-state index in [1.165, 1.54) is 0 Å². The molecule has 5 N–H and O–H groups in total. The number of carbonyl (C=O) groups is 3. The minimum atomic E-state index is -0.644. The monoisotopic (exact) mass is 604 g/mol. The second-order valence-corrected chi connectivity index (χ2v) is 10.2. The highest BCUT2D eigenvalue weighted by molar-refractivity contribution is 8.93. The number of carbonyl (C=O) groups excluding carboxylic acids is 3. The summed E-state index contributed by atoms with van der Waals surface area (Å²) < 4.78 is 17.1. The maximum absolute atomic E-state index is 13.5. The molecule has 0 radical (unpaired) electrons. The normalized spacial score (nSPS) is 12.4. The van der Waals surface area contributed by atoms with E-state index in [1.54, 1.807) is 43.2 Å². The topological polar surface area (TPSA) is 158 Å². The first-order valence-corrected chi connectivity index (χ1v) is 12.5. The number of fused-ring (bicyclic) bond motifs is 1. The van der Waals surface area contributed by atoms with E-state index in [0.717, 1.165) is 11.1 Å². The smallest absolute Gasteiger partial charge is 0.252 e. The number of amides is 2. The van der Waals surface area contributed by atoms with Crippen LogP contribution in [0.5, 0.6) is 17.2 Å². The Kier molecular flexibility index (Phi) is 10.5. The van der Waals surface area contributed by atoms with E-state index in [1.807, 2.05) is 20.8 Å². The predicted molar refractivity (Wildman–Crippen MR) is 154 cm³/mol. The lowest BCUT2D eigenvalue weighted by atomic mass is 9.84.